The van der Waals surface area contributed by atoms with Crippen molar-refractivity contribution in [3.63, 3.8) is 0 Å². The summed E-state index contributed by atoms with van der Waals surface area (Å²) in [5.41, 5.74) is 9.54. The van der Waals surface area contributed by atoms with Gasteiger partial charge in [0.25, 0.3) is 0 Å². The molecule has 0 aliphatic carbocycles. The number of allylic oxidation sites excluding steroid dienone is 1. The molecule has 0 spiro atoms. The first kappa shape index (κ1) is 23.4. The van der Waals surface area contributed by atoms with Gasteiger partial charge in [0, 0.05) is 12.1 Å². The van der Waals surface area contributed by atoms with E-state index in [1.165, 1.54) is 0 Å². The minimum atomic E-state index is -7.41. The Morgan fingerprint density at radius 1 is 0.786 bits per heavy atom. The van der Waals surface area contributed by atoms with Crippen molar-refractivity contribution in [2.24, 2.45) is 0 Å². The maximum absolute atomic E-state index is 13.5. The smallest absolute Gasteiger partial charge is 0.460 e. The number of rotatable bonds is 6. The number of nitrogen functional groups attached to an aromatic ring is 2. The lowest BCUT2D eigenvalue weighted by molar-refractivity contribution is -0.392. The van der Waals surface area contributed by atoms with E-state index in [4.69, 9.17) is 11.5 Å². The quantitative estimate of drug-likeness (QED) is 0.383. The summed E-state index contributed by atoms with van der Waals surface area (Å²) in [5.74, 6) is -27.0. The molecule has 0 amide bonds. The average Bonchev–Trinajstić information content (AvgIpc) is 2.55. The summed E-state index contributed by atoms with van der Waals surface area (Å²) in [6, 6.07) is -1.89. The molecule has 1 rings (SSSR count). The third-order valence-corrected chi connectivity index (χ3v) is 3.15. The maximum Gasteiger partial charge on any atom is 0.460 e. The Bertz CT molecular complexity index is 774. The highest BCUT2D eigenvalue weighted by Gasteiger charge is 2.83. The molecule has 0 aliphatic rings. The molecule has 1 aromatic carbocycles. The van der Waals surface area contributed by atoms with Crippen LogP contribution in [0.1, 0.15) is 0 Å². The Morgan fingerprint density at radius 3 is 1.64 bits per heavy atom. The molecule has 0 unspecified atom stereocenters. The van der Waals surface area contributed by atoms with Crippen molar-refractivity contribution in [2.75, 3.05) is 18.6 Å². The van der Waals surface area contributed by atoms with Gasteiger partial charge in [-0.2, -0.15) is 48.3 Å². The highest BCUT2D eigenvalue weighted by Crippen LogP contribution is 2.55. The van der Waals surface area contributed by atoms with Crippen LogP contribution in [0.25, 0.3) is 0 Å². The van der Waals surface area contributed by atoms with Gasteiger partial charge in [0.15, 0.2) is 5.75 Å². The number of hydrogen-bond acceptors (Lipinski definition) is 4. The standard InChI is InChI=1S/C13H9F11N2O2/c1-27-6-2-5(26)7(3-4(6)25)28-9(15)8(14)10(16,17)11(18,19)12(20,21)13(22,23)24/h2-3H,25-26H2,1H3. The van der Waals surface area contributed by atoms with Gasteiger partial charge in [-0.3, -0.25) is 0 Å². The molecule has 15 heteroatoms. The fourth-order valence-corrected chi connectivity index (χ4v) is 1.63. The SMILES string of the molecule is COc1cc(N)c(OC(F)=C(F)C(F)(F)C(F)(F)C(F)(F)C(F)(F)F)cc1N. The molecule has 1 aromatic rings. The van der Waals surface area contributed by atoms with Gasteiger partial charge < -0.3 is 20.9 Å². The molecule has 0 aliphatic heterocycles. The first-order valence-corrected chi connectivity index (χ1v) is 6.58. The predicted octanol–water partition coefficient (Wildman–Crippen LogP) is 4.81. The van der Waals surface area contributed by atoms with Crippen molar-refractivity contribution in [1.29, 1.82) is 0 Å². The van der Waals surface area contributed by atoms with Crippen LogP contribution in [0, 0.1) is 0 Å². The van der Waals surface area contributed by atoms with Crippen LogP contribution in [0.3, 0.4) is 0 Å². The van der Waals surface area contributed by atoms with E-state index < -0.39 is 47.2 Å². The van der Waals surface area contributed by atoms with Crippen LogP contribution in [-0.4, -0.2) is 31.1 Å². The molecule has 0 radical (unpaired) electrons. The lowest BCUT2D eigenvalue weighted by atomic mass is 10.0. The van der Waals surface area contributed by atoms with Gasteiger partial charge in [-0.1, -0.05) is 0 Å². The summed E-state index contributed by atoms with van der Waals surface area (Å²) in [4.78, 5) is 0. The number of nitrogens with two attached hydrogens (primary N) is 2. The zero-order valence-corrected chi connectivity index (χ0v) is 13.3. The lowest BCUT2D eigenvalue weighted by Crippen LogP contribution is -2.61. The maximum atomic E-state index is 13.5. The second kappa shape index (κ2) is 7.09. The van der Waals surface area contributed by atoms with Gasteiger partial charge in [-0.25, -0.2) is 0 Å². The van der Waals surface area contributed by atoms with Crippen LogP contribution >= 0.6 is 0 Å². The second-order valence-corrected chi connectivity index (χ2v) is 5.04. The van der Waals surface area contributed by atoms with Crippen molar-refractivity contribution in [3.05, 3.63) is 24.0 Å². The summed E-state index contributed by atoms with van der Waals surface area (Å²) in [6.07, 6.45) is -7.20. The van der Waals surface area contributed by atoms with Gasteiger partial charge >= 0.3 is 30.0 Å². The summed E-state index contributed by atoms with van der Waals surface area (Å²) in [6.45, 7) is 0. The zero-order valence-electron chi connectivity index (χ0n) is 13.3. The molecule has 0 saturated heterocycles. The Balaban J connectivity index is 3.38. The van der Waals surface area contributed by atoms with E-state index in [1.54, 1.807) is 0 Å². The van der Waals surface area contributed by atoms with Crippen LogP contribution in [0.4, 0.5) is 59.7 Å². The van der Waals surface area contributed by atoms with E-state index in [0.29, 0.717) is 6.07 Å². The first-order valence-electron chi connectivity index (χ1n) is 6.58. The molecule has 0 atom stereocenters. The van der Waals surface area contributed by atoms with Crippen LogP contribution in [-0.2, 0) is 0 Å². The third-order valence-electron chi connectivity index (χ3n) is 3.15. The Labute approximate surface area is 148 Å². The molecule has 4 nitrogen and oxygen atoms in total. The topological polar surface area (TPSA) is 70.5 Å². The van der Waals surface area contributed by atoms with Crippen LogP contribution in [0.15, 0.2) is 24.0 Å². The molecule has 160 valence electrons. The fourth-order valence-electron chi connectivity index (χ4n) is 1.63. The average molecular weight is 434 g/mol. The number of benzene rings is 1. The number of halogens is 11. The Kier molecular flexibility index (Phi) is 5.93. The number of methoxy groups -OCH3 is 1. The zero-order chi connectivity index (χ0) is 22.3. The van der Waals surface area contributed by atoms with Crippen molar-refractivity contribution < 1.29 is 57.8 Å². The highest BCUT2D eigenvalue weighted by atomic mass is 19.4. The molecular formula is C13H9F11N2O2. The number of anilines is 2. The van der Waals surface area contributed by atoms with Crippen LogP contribution in [0.5, 0.6) is 11.5 Å². The summed E-state index contributed by atoms with van der Waals surface area (Å²) in [7, 11) is 1.09. The van der Waals surface area contributed by atoms with E-state index in [1.807, 2.05) is 0 Å². The summed E-state index contributed by atoms with van der Waals surface area (Å²) < 4.78 is 149. The minimum absolute atomic E-state index is 0.156. The number of alkyl halides is 9. The molecule has 28 heavy (non-hydrogen) atoms. The predicted molar refractivity (Wildman–Crippen MR) is 72.6 cm³/mol. The second-order valence-electron chi connectivity index (χ2n) is 5.04. The largest absolute Gasteiger partial charge is 0.495 e. The molecule has 0 heterocycles. The first-order chi connectivity index (χ1) is 12.4. The van der Waals surface area contributed by atoms with Gasteiger partial charge in [0.05, 0.1) is 18.5 Å². The van der Waals surface area contributed by atoms with E-state index >= 15 is 0 Å². The Morgan fingerprint density at radius 2 is 1.21 bits per heavy atom. The van der Waals surface area contributed by atoms with E-state index in [2.05, 4.69) is 9.47 Å². The van der Waals surface area contributed by atoms with Gasteiger partial charge in [0.1, 0.15) is 5.75 Å². The minimum Gasteiger partial charge on any atom is -0.495 e. The highest BCUT2D eigenvalue weighted by molar-refractivity contribution is 5.67. The number of ether oxygens (including phenoxy) is 2. The van der Waals surface area contributed by atoms with Gasteiger partial charge in [0.2, 0.25) is 5.83 Å². The van der Waals surface area contributed by atoms with Crippen molar-refractivity contribution >= 4 is 11.4 Å². The van der Waals surface area contributed by atoms with Crippen molar-refractivity contribution in [3.8, 4) is 11.5 Å². The third kappa shape index (κ3) is 3.69. The Hall–Kier alpha value is -2.61. The number of hydrogen-bond donors (Lipinski definition) is 2. The summed E-state index contributed by atoms with van der Waals surface area (Å²) in [5, 5.41) is 0. The van der Waals surface area contributed by atoms with Crippen LogP contribution in [0.2, 0.25) is 0 Å². The van der Waals surface area contributed by atoms with E-state index in [0.717, 1.165) is 13.2 Å². The van der Waals surface area contributed by atoms with Crippen LogP contribution < -0.4 is 20.9 Å². The van der Waals surface area contributed by atoms with E-state index in [9.17, 15) is 48.3 Å². The normalized spacial score (nSPS) is 14.6. The van der Waals surface area contributed by atoms with E-state index in [-0.39, 0.29) is 11.4 Å². The van der Waals surface area contributed by atoms with Gasteiger partial charge in [-0.05, 0) is 0 Å². The van der Waals surface area contributed by atoms with Gasteiger partial charge in [-0.15, -0.1) is 0 Å². The molecule has 0 aromatic heterocycles. The molecule has 0 bridgehead atoms. The monoisotopic (exact) mass is 434 g/mol. The van der Waals surface area contributed by atoms with Crippen molar-refractivity contribution in [1.82, 2.24) is 0 Å². The summed E-state index contributed by atoms with van der Waals surface area (Å²) >= 11 is 0. The molecule has 4 N–H and O–H groups in total. The molecule has 0 saturated carbocycles. The fraction of sp³-hybridized carbons (Fsp3) is 0.385. The van der Waals surface area contributed by atoms with Crippen molar-refractivity contribution in [2.45, 2.75) is 23.9 Å². The lowest BCUT2D eigenvalue weighted by Gasteiger charge is -2.32. The molecular weight excluding hydrogens is 425 g/mol. The molecule has 0 fully saturated rings.